The van der Waals surface area contributed by atoms with Crippen molar-refractivity contribution in [3.8, 4) is 0 Å². The molecule has 182 valence electrons. The van der Waals surface area contributed by atoms with Crippen molar-refractivity contribution in [3.63, 3.8) is 0 Å². The van der Waals surface area contributed by atoms with Gasteiger partial charge in [0.25, 0.3) is 0 Å². The van der Waals surface area contributed by atoms with Gasteiger partial charge in [0.15, 0.2) is 5.96 Å². The molecule has 1 aromatic rings. The summed E-state index contributed by atoms with van der Waals surface area (Å²) in [5.41, 5.74) is 2.46. The molecule has 7 heteroatoms. The number of guanidine groups is 1. The first-order valence-electron chi connectivity index (χ1n) is 12.2. The van der Waals surface area contributed by atoms with E-state index in [2.05, 4.69) is 60.2 Å². The Hall–Kier alpha value is -0.900. The second-order valence-corrected chi connectivity index (χ2v) is 8.70. The van der Waals surface area contributed by atoms with Crippen LogP contribution in [0.1, 0.15) is 51.2 Å². The number of hydrogen-bond donors (Lipinski definition) is 1. The fourth-order valence-corrected chi connectivity index (χ4v) is 4.49. The standard InChI is InChI=1S/C25H42N4O2.HI/c1-4-26-25(29-13-10-23(19-29)18-28(5-2)6-3)27-17-21-8-7-9-22(16-21)20-31-24-11-14-30-15-12-24;/h7-9,16,23-24H,4-6,10-15,17-20H2,1-3H3,(H,26,27);1H. The number of likely N-dealkylation sites (tertiary alicyclic amines) is 1. The highest BCUT2D eigenvalue weighted by molar-refractivity contribution is 14.0. The van der Waals surface area contributed by atoms with Crippen LogP contribution in [-0.2, 0) is 22.6 Å². The molecular weight excluding hydrogens is 515 g/mol. The number of rotatable bonds is 10. The number of nitrogens with zero attached hydrogens (tertiary/aromatic N) is 3. The quantitative estimate of drug-likeness (QED) is 0.266. The number of aliphatic imine (C=N–C) groups is 1. The highest BCUT2D eigenvalue weighted by Crippen LogP contribution is 2.18. The molecule has 32 heavy (non-hydrogen) atoms. The predicted octanol–water partition coefficient (Wildman–Crippen LogP) is 4.13. The van der Waals surface area contributed by atoms with Crippen LogP contribution in [-0.4, -0.2) is 74.3 Å². The maximum absolute atomic E-state index is 6.09. The van der Waals surface area contributed by atoms with Crippen LogP contribution in [0.2, 0.25) is 0 Å². The second kappa shape index (κ2) is 15.1. The third kappa shape index (κ3) is 8.80. The van der Waals surface area contributed by atoms with Gasteiger partial charge in [-0.2, -0.15) is 0 Å². The van der Waals surface area contributed by atoms with Crippen LogP contribution in [0.5, 0.6) is 0 Å². The summed E-state index contributed by atoms with van der Waals surface area (Å²) in [4.78, 5) is 9.95. The number of hydrogen-bond acceptors (Lipinski definition) is 4. The van der Waals surface area contributed by atoms with E-state index in [0.717, 1.165) is 70.7 Å². The van der Waals surface area contributed by atoms with E-state index in [1.54, 1.807) is 0 Å². The van der Waals surface area contributed by atoms with Crippen molar-refractivity contribution < 1.29 is 9.47 Å². The van der Waals surface area contributed by atoms with Crippen LogP contribution in [0.25, 0.3) is 0 Å². The lowest BCUT2D eigenvalue weighted by Gasteiger charge is -2.24. The van der Waals surface area contributed by atoms with Gasteiger partial charge in [-0.05, 0) is 56.3 Å². The first-order chi connectivity index (χ1) is 15.2. The van der Waals surface area contributed by atoms with Crippen molar-refractivity contribution in [1.82, 2.24) is 15.1 Å². The van der Waals surface area contributed by atoms with Crippen molar-refractivity contribution in [2.75, 3.05) is 52.5 Å². The van der Waals surface area contributed by atoms with Crippen LogP contribution in [0.3, 0.4) is 0 Å². The topological polar surface area (TPSA) is 49.3 Å². The zero-order valence-corrected chi connectivity index (χ0v) is 22.6. The maximum Gasteiger partial charge on any atom is 0.194 e. The van der Waals surface area contributed by atoms with E-state index >= 15 is 0 Å². The molecule has 1 atom stereocenters. The minimum Gasteiger partial charge on any atom is -0.381 e. The van der Waals surface area contributed by atoms with E-state index in [1.165, 1.54) is 24.1 Å². The fraction of sp³-hybridized carbons (Fsp3) is 0.720. The molecule has 0 bridgehead atoms. The average molecular weight is 559 g/mol. The van der Waals surface area contributed by atoms with Crippen LogP contribution in [0.15, 0.2) is 29.3 Å². The maximum atomic E-state index is 6.09. The third-order valence-electron chi connectivity index (χ3n) is 6.39. The second-order valence-electron chi connectivity index (χ2n) is 8.70. The monoisotopic (exact) mass is 558 g/mol. The Kier molecular flexibility index (Phi) is 12.9. The van der Waals surface area contributed by atoms with Crippen molar-refractivity contribution in [3.05, 3.63) is 35.4 Å². The highest BCUT2D eigenvalue weighted by Gasteiger charge is 2.25. The first kappa shape index (κ1) is 27.3. The smallest absolute Gasteiger partial charge is 0.194 e. The van der Waals surface area contributed by atoms with Gasteiger partial charge in [0, 0.05) is 39.4 Å². The van der Waals surface area contributed by atoms with Gasteiger partial charge < -0.3 is 24.6 Å². The van der Waals surface area contributed by atoms with Crippen LogP contribution in [0, 0.1) is 5.92 Å². The zero-order chi connectivity index (χ0) is 21.9. The summed E-state index contributed by atoms with van der Waals surface area (Å²) < 4.78 is 11.5. The van der Waals surface area contributed by atoms with Gasteiger partial charge in [-0.1, -0.05) is 38.1 Å². The molecule has 2 aliphatic rings. The minimum absolute atomic E-state index is 0. The summed E-state index contributed by atoms with van der Waals surface area (Å²) >= 11 is 0. The molecule has 0 aromatic heterocycles. The molecule has 0 radical (unpaired) electrons. The molecule has 1 N–H and O–H groups in total. The Morgan fingerprint density at radius 3 is 2.62 bits per heavy atom. The fourth-order valence-electron chi connectivity index (χ4n) is 4.49. The van der Waals surface area contributed by atoms with E-state index in [4.69, 9.17) is 14.5 Å². The molecule has 2 saturated heterocycles. The van der Waals surface area contributed by atoms with Crippen molar-refractivity contribution in [2.24, 2.45) is 10.9 Å². The van der Waals surface area contributed by atoms with Gasteiger partial charge in [-0.15, -0.1) is 24.0 Å². The molecule has 0 saturated carbocycles. The summed E-state index contributed by atoms with van der Waals surface area (Å²) in [6, 6.07) is 8.67. The normalized spacial score (nSPS) is 19.9. The number of benzene rings is 1. The molecule has 1 aromatic carbocycles. The predicted molar refractivity (Wildman–Crippen MR) is 143 cm³/mol. The summed E-state index contributed by atoms with van der Waals surface area (Å²) in [5.74, 6) is 1.78. The van der Waals surface area contributed by atoms with Gasteiger partial charge in [-0.3, -0.25) is 0 Å². The number of halogens is 1. The van der Waals surface area contributed by atoms with Crippen molar-refractivity contribution >= 4 is 29.9 Å². The van der Waals surface area contributed by atoms with E-state index < -0.39 is 0 Å². The Morgan fingerprint density at radius 2 is 1.91 bits per heavy atom. The Morgan fingerprint density at radius 1 is 1.16 bits per heavy atom. The molecule has 0 amide bonds. The lowest BCUT2D eigenvalue weighted by atomic mass is 10.1. The van der Waals surface area contributed by atoms with Gasteiger partial charge >= 0.3 is 0 Å². The lowest BCUT2D eigenvalue weighted by molar-refractivity contribution is -0.0390. The molecule has 2 heterocycles. The molecule has 2 fully saturated rings. The first-order valence-corrected chi connectivity index (χ1v) is 12.2. The summed E-state index contributed by atoms with van der Waals surface area (Å²) in [7, 11) is 0. The largest absolute Gasteiger partial charge is 0.381 e. The molecule has 2 aliphatic heterocycles. The summed E-state index contributed by atoms with van der Waals surface area (Å²) in [5, 5.41) is 3.51. The third-order valence-corrected chi connectivity index (χ3v) is 6.39. The molecule has 6 nitrogen and oxygen atoms in total. The van der Waals surface area contributed by atoms with Gasteiger partial charge in [0.2, 0.25) is 0 Å². The molecule has 1 unspecified atom stereocenters. The summed E-state index contributed by atoms with van der Waals surface area (Å²) in [6.45, 7) is 16.2. The van der Waals surface area contributed by atoms with Crippen molar-refractivity contribution in [2.45, 2.75) is 59.3 Å². The Balaban J connectivity index is 0.00000363. The van der Waals surface area contributed by atoms with E-state index in [0.29, 0.717) is 19.3 Å². The van der Waals surface area contributed by atoms with Gasteiger partial charge in [0.05, 0.1) is 19.3 Å². The van der Waals surface area contributed by atoms with Crippen LogP contribution in [0.4, 0.5) is 0 Å². The van der Waals surface area contributed by atoms with Gasteiger partial charge in [0.1, 0.15) is 0 Å². The molecule has 0 spiro atoms. The molecule has 3 rings (SSSR count). The van der Waals surface area contributed by atoms with E-state index in [1.807, 2.05) is 0 Å². The van der Waals surface area contributed by atoms with Gasteiger partial charge in [-0.25, -0.2) is 4.99 Å². The molecular formula is C25H43IN4O2. The average Bonchev–Trinajstić information content (AvgIpc) is 3.28. The highest BCUT2D eigenvalue weighted by atomic mass is 127. The lowest BCUT2D eigenvalue weighted by Crippen LogP contribution is -2.40. The number of ether oxygens (including phenoxy) is 2. The van der Waals surface area contributed by atoms with Crippen LogP contribution >= 0.6 is 24.0 Å². The minimum atomic E-state index is 0. The van der Waals surface area contributed by atoms with Crippen molar-refractivity contribution in [1.29, 1.82) is 0 Å². The Labute approximate surface area is 212 Å². The van der Waals surface area contributed by atoms with E-state index in [-0.39, 0.29) is 24.0 Å². The summed E-state index contributed by atoms with van der Waals surface area (Å²) in [6.07, 6.45) is 3.58. The van der Waals surface area contributed by atoms with E-state index in [9.17, 15) is 0 Å². The SMILES string of the molecule is CCNC(=NCc1cccc(COC2CCOCC2)c1)N1CCC(CN(CC)CC)C1.I. The van der Waals surface area contributed by atoms with Crippen LogP contribution < -0.4 is 5.32 Å². The number of nitrogens with one attached hydrogen (secondary N) is 1. The Bertz CT molecular complexity index is 678. The zero-order valence-electron chi connectivity index (χ0n) is 20.2. The molecule has 0 aliphatic carbocycles.